The number of carbonyl (C=O) groups is 1. The summed E-state index contributed by atoms with van der Waals surface area (Å²) >= 11 is 0. The Morgan fingerprint density at radius 3 is 3.12 bits per heavy atom. The lowest BCUT2D eigenvalue weighted by molar-refractivity contribution is 0.0519. The van der Waals surface area contributed by atoms with Crippen LogP contribution in [0.5, 0.6) is 0 Å². The van der Waals surface area contributed by atoms with E-state index in [-0.39, 0.29) is 11.8 Å². The first-order chi connectivity index (χ1) is 7.81. The van der Waals surface area contributed by atoms with E-state index < -0.39 is 5.97 Å². The van der Waals surface area contributed by atoms with E-state index in [1.54, 1.807) is 25.3 Å². The van der Waals surface area contributed by atoms with Crippen molar-refractivity contribution in [1.82, 2.24) is 4.98 Å². The lowest BCUT2D eigenvalue weighted by atomic mass is 10.3. The molecule has 2 rings (SSSR count). The molecule has 2 heterocycles. The number of oxazole rings is 1. The molecule has 0 bridgehead atoms. The minimum atomic E-state index is -0.493. The Hall–Kier alpha value is -2.04. The second-order valence-electron chi connectivity index (χ2n) is 3.06. The van der Waals surface area contributed by atoms with Crippen LogP contribution in [-0.4, -0.2) is 17.6 Å². The lowest BCUT2D eigenvalue weighted by Gasteiger charge is -2.10. The Labute approximate surface area is 92.4 Å². The fourth-order valence-electron chi connectivity index (χ4n) is 1.24. The van der Waals surface area contributed by atoms with Crippen LogP contribution in [0.2, 0.25) is 0 Å². The van der Waals surface area contributed by atoms with E-state index in [0.717, 1.165) is 0 Å². The average molecular weight is 221 g/mol. The van der Waals surface area contributed by atoms with E-state index in [0.29, 0.717) is 12.5 Å². The van der Waals surface area contributed by atoms with Crippen molar-refractivity contribution >= 4 is 5.97 Å². The van der Waals surface area contributed by atoms with Gasteiger partial charge < -0.3 is 13.9 Å². The van der Waals surface area contributed by atoms with Crippen molar-refractivity contribution in [2.24, 2.45) is 0 Å². The molecule has 0 amide bonds. The van der Waals surface area contributed by atoms with Gasteiger partial charge in [-0.05, 0) is 19.1 Å². The number of rotatable bonds is 3. The summed E-state index contributed by atoms with van der Waals surface area (Å²) in [7, 11) is 0. The molecule has 1 aromatic rings. The first-order valence-corrected chi connectivity index (χ1v) is 4.92. The van der Waals surface area contributed by atoms with Gasteiger partial charge in [-0.1, -0.05) is 6.08 Å². The van der Waals surface area contributed by atoms with Crippen LogP contribution < -0.4 is 0 Å². The normalized spacial score (nSPS) is 18.2. The summed E-state index contributed by atoms with van der Waals surface area (Å²) in [5, 5.41) is 0. The van der Waals surface area contributed by atoms with Gasteiger partial charge in [-0.15, -0.1) is 0 Å². The Balaban J connectivity index is 2.10. The quantitative estimate of drug-likeness (QED) is 0.730. The third-order valence-corrected chi connectivity index (χ3v) is 1.95. The van der Waals surface area contributed by atoms with Crippen molar-refractivity contribution in [3.05, 3.63) is 42.3 Å². The van der Waals surface area contributed by atoms with Gasteiger partial charge in [-0.2, -0.15) is 0 Å². The standard InChI is InChI=1S/C11H11NO4/c1-2-14-11(13)8-7-16-10(12-8)9-5-3-4-6-15-9/h3-7,9H,2H2,1H3. The number of esters is 1. The van der Waals surface area contributed by atoms with E-state index in [1.165, 1.54) is 6.26 Å². The SMILES string of the molecule is CCOC(=O)c1coc(C2C=CC=CO2)n1. The maximum atomic E-state index is 11.3. The smallest absolute Gasteiger partial charge is 0.360 e. The molecule has 1 aromatic heterocycles. The van der Waals surface area contributed by atoms with Gasteiger partial charge >= 0.3 is 5.97 Å². The molecule has 16 heavy (non-hydrogen) atoms. The second-order valence-corrected chi connectivity index (χ2v) is 3.06. The van der Waals surface area contributed by atoms with Crippen LogP contribution in [0.3, 0.4) is 0 Å². The Bertz CT molecular complexity index is 433. The number of hydrogen-bond donors (Lipinski definition) is 0. The minimum absolute atomic E-state index is 0.156. The highest BCUT2D eigenvalue weighted by atomic mass is 16.5. The van der Waals surface area contributed by atoms with Gasteiger partial charge in [0.2, 0.25) is 5.89 Å². The first kappa shape index (κ1) is 10.5. The van der Waals surface area contributed by atoms with Gasteiger partial charge in [0.15, 0.2) is 11.8 Å². The highest BCUT2D eigenvalue weighted by molar-refractivity contribution is 5.86. The molecule has 5 heteroatoms. The van der Waals surface area contributed by atoms with Crippen LogP contribution >= 0.6 is 0 Å². The van der Waals surface area contributed by atoms with Gasteiger partial charge in [0.1, 0.15) is 6.26 Å². The second kappa shape index (κ2) is 4.65. The molecule has 5 nitrogen and oxygen atoms in total. The highest BCUT2D eigenvalue weighted by Crippen LogP contribution is 2.21. The number of hydrogen-bond acceptors (Lipinski definition) is 5. The Kier molecular flexibility index (Phi) is 3.05. The number of ether oxygens (including phenoxy) is 2. The predicted octanol–water partition coefficient (Wildman–Crippen LogP) is 1.99. The van der Waals surface area contributed by atoms with Crippen LogP contribution in [0, 0.1) is 0 Å². The molecule has 0 saturated carbocycles. The number of aromatic nitrogens is 1. The van der Waals surface area contributed by atoms with Crippen LogP contribution in [0.25, 0.3) is 0 Å². The van der Waals surface area contributed by atoms with Crippen molar-refractivity contribution in [2.45, 2.75) is 13.0 Å². The van der Waals surface area contributed by atoms with Crippen molar-refractivity contribution in [3.8, 4) is 0 Å². The van der Waals surface area contributed by atoms with Crippen molar-refractivity contribution in [2.75, 3.05) is 6.61 Å². The van der Waals surface area contributed by atoms with Gasteiger partial charge in [-0.25, -0.2) is 9.78 Å². The predicted molar refractivity (Wildman–Crippen MR) is 54.6 cm³/mol. The molecule has 1 aliphatic heterocycles. The summed E-state index contributed by atoms with van der Waals surface area (Å²) in [6.45, 7) is 2.04. The van der Waals surface area contributed by atoms with Gasteiger partial charge in [0.05, 0.1) is 12.9 Å². The van der Waals surface area contributed by atoms with Crippen molar-refractivity contribution in [3.63, 3.8) is 0 Å². The highest BCUT2D eigenvalue weighted by Gasteiger charge is 2.19. The summed E-state index contributed by atoms with van der Waals surface area (Å²) in [5.74, 6) is -0.156. The third kappa shape index (κ3) is 2.13. The number of nitrogens with zero attached hydrogens (tertiary/aromatic N) is 1. The maximum absolute atomic E-state index is 11.3. The molecule has 0 fully saturated rings. The van der Waals surface area contributed by atoms with Crippen molar-refractivity contribution < 1.29 is 18.7 Å². The monoisotopic (exact) mass is 221 g/mol. The number of allylic oxidation sites excluding steroid dienone is 2. The molecule has 0 aromatic carbocycles. The van der Waals surface area contributed by atoms with Crippen LogP contribution in [0.15, 0.2) is 35.2 Å². The molecule has 0 saturated heterocycles. The average Bonchev–Trinajstić information content (AvgIpc) is 2.80. The molecule has 0 radical (unpaired) electrons. The fourth-order valence-corrected chi connectivity index (χ4v) is 1.24. The molecule has 0 aliphatic carbocycles. The Morgan fingerprint density at radius 2 is 2.44 bits per heavy atom. The third-order valence-electron chi connectivity index (χ3n) is 1.95. The van der Waals surface area contributed by atoms with E-state index in [1.807, 2.05) is 6.08 Å². The molecule has 84 valence electrons. The summed E-state index contributed by atoms with van der Waals surface area (Å²) in [6.07, 6.45) is 7.78. The first-order valence-electron chi connectivity index (χ1n) is 4.92. The van der Waals surface area contributed by atoms with E-state index in [2.05, 4.69) is 4.98 Å². The minimum Gasteiger partial charge on any atom is -0.484 e. The largest absolute Gasteiger partial charge is 0.484 e. The molecule has 1 atom stereocenters. The zero-order valence-electron chi connectivity index (χ0n) is 8.75. The topological polar surface area (TPSA) is 61.6 Å². The van der Waals surface area contributed by atoms with Crippen LogP contribution in [0.4, 0.5) is 0 Å². The molecular weight excluding hydrogens is 210 g/mol. The molecule has 1 unspecified atom stereocenters. The summed E-state index contributed by atoms with van der Waals surface area (Å²) in [5.41, 5.74) is 0.156. The summed E-state index contributed by atoms with van der Waals surface area (Å²) in [6, 6.07) is 0. The molecular formula is C11H11NO4. The molecule has 1 aliphatic rings. The lowest BCUT2D eigenvalue weighted by Crippen LogP contribution is -2.06. The Morgan fingerprint density at radius 1 is 1.56 bits per heavy atom. The summed E-state index contributed by atoms with van der Waals surface area (Å²) < 4.78 is 15.2. The molecule has 0 spiro atoms. The van der Waals surface area contributed by atoms with E-state index in [4.69, 9.17) is 13.9 Å². The van der Waals surface area contributed by atoms with Crippen molar-refractivity contribution in [1.29, 1.82) is 0 Å². The maximum Gasteiger partial charge on any atom is 0.360 e. The summed E-state index contributed by atoms with van der Waals surface area (Å²) in [4.78, 5) is 15.3. The van der Waals surface area contributed by atoms with Gasteiger partial charge in [0, 0.05) is 0 Å². The fraction of sp³-hybridized carbons (Fsp3) is 0.273. The van der Waals surface area contributed by atoms with E-state index in [9.17, 15) is 4.79 Å². The zero-order chi connectivity index (χ0) is 11.4. The number of carbonyl (C=O) groups excluding carboxylic acids is 1. The van der Waals surface area contributed by atoms with Crippen LogP contribution in [0.1, 0.15) is 29.4 Å². The van der Waals surface area contributed by atoms with Gasteiger partial charge in [0.25, 0.3) is 0 Å². The molecule has 0 N–H and O–H groups in total. The van der Waals surface area contributed by atoms with Gasteiger partial charge in [-0.3, -0.25) is 0 Å². The van der Waals surface area contributed by atoms with Crippen LogP contribution in [-0.2, 0) is 9.47 Å². The van der Waals surface area contributed by atoms with E-state index >= 15 is 0 Å². The zero-order valence-corrected chi connectivity index (χ0v) is 8.75.